The highest BCUT2D eigenvalue weighted by Gasteiger charge is 2.61. The topological polar surface area (TPSA) is 25.8 Å². The van der Waals surface area contributed by atoms with Crippen molar-refractivity contribution in [2.24, 2.45) is 0 Å². The fourth-order valence-corrected chi connectivity index (χ4v) is 13.1. The van der Waals surface area contributed by atoms with E-state index in [9.17, 15) is 0 Å². The molecule has 0 N–H and O–H groups in total. The molecule has 238 valence electrons. The standard InChI is InChI=1S/C36H24F8N2Si/c1-36(2,3)47(21-17-11-6-12-18-21)30(24-26(37)32(41)45-33(42)27(24)38)22(19-13-7-4-8-14-19)23(20-15-9-5-10-16-20)31(47)25-28(39)34(43)46-35(44)29(25)40/h4-18H,1-3H3. The second-order valence-electron chi connectivity index (χ2n) is 12.0. The Morgan fingerprint density at radius 1 is 0.447 bits per heavy atom. The molecule has 3 heterocycles. The summed E-state index contributed by atoms with van der Waals surface area (Å²) in [7, 11) is -4.58. The van der Waals surface area contributed by atoms with Gasteiger partial charge in [-0.15, -0.1) is 0 Å². The van der Waals surface area contributed by atoms with Crippen molar-refractivity contribution in [2.75, 3.05) is 0 Å². The third kappa shape index (κ3) is 4.83. The van der Waals surface area contributed by atoms with Gasteiger partial charge in [0.1, 0.15) is 0 Å². The average Bonchev–Trinajstić information content (AvgIpc) is 3.37. The number of allylic oxidation sites excluding steroid dienone is 2. The molecule has 0 aliphatic carbocycles. The van der Waals surface area contributed by atoms with Crippen LogP contribution >= 0.6 is 0 Å². The Bertz CT molecular complexity index is 1920. The van der Waals surface area contributed by atoms with E-state index in [1.54, 1.807) is 112 Å². The van der Waals surface area contributed by atoms with Gasteiger partial charge < -0.3 is 0 Å². The molecule has 0 atom stereocenters. The summed E-state index contributed by atoms with van der Waals surface area (Å²) in [5.41, 5.74) is -1.84. The van der Waals surface area contributed by atoms with Crippen LogP contribution in [0.15, 0.2) is 91.0 Å². The summed E-state index contributed by atoms with van der Waals surface area (Å²) in [5, 5.41) is -1.60. The third-order valence-corrected chi connectivity index (χ3v) is 14.4. The molecule has 0 fully saturated rings. The molecule has 1 aliphatic heterocycles. The Morgan fingerprint density at radius 2 is 0.745 bits per heavy atom. The molecule has 6 rings (SSSR count). The van der Waals surface area contributed by atoms with E-state index in [1.807, 2.05) is 0 Å². The Balaban J connectivity index is 2.03. The van der Waals surface area contributed by atoms with Crippen molar-refractivity contribution >= 4 is 34.8 Å². The maximum atomic E-state index is 16.2. The SMILES string of the molecule is CC(C)(C)[Si]1(c2ccccc2)C(c2c(F)c(F)nc(F)c2F)=C(c2ccccc2)C(c2ccccc2)=C1c1c(F)c(F)nc(F)c1F. The van der Waals surface area contributed by atoms with E-state index in [2.05, 4.69) is 9.97 Å². The first-order valence-corrected chi connectivity index (χ1v) is 16.4. The van der Waals surface area contributed by atoms with Crippen LogP contribution in [0, 0.1) is 47.1 Å². The first-order valence-electron chi connectivity index (χ1n) is 14.4. The zero-order chi connectivity index (χ0) is 33.8. The fourth-order valence-electron chi connectivity index (χ4n) is 6.73. The van der Waals surface area contributed by atoms with E-state index in [-0.39, 0.29) is 37.9 Å². The number of hydrogen-bond acceptors (Lipinski definition) is 2. The highest BCUT2D eigenvalue weighted by atomic mass is 28.3. The van der Waals surface area contributed by atoms with E-state index in [4.69, 9.17) is 0 Å². The molecule has 11 heteroatoms. The second-order valence-corrected chi connectivity index (χ2v) is 16.6. The third-order valence-electron chi connectivity index (χ3n) is 8.45. The van der Waals surface area contributed by atoms with Gasteiger partial charge in [-0.05, 0) is 42.9 Å². The van der Waals surface area contributed by atoms with Crippen molar-refractivity contribution in [1.29, 1.82) is 0 Å². The second kappa shape index (κ2) is 11.7. The van der Waals surface area contributed by atoms with E-state index >= 15 is 35.1 Å². The van der Waals surface area contributed by atoms with Crippen LogP contribution < -0.4 is 5.19 Å². The van der Waals surface area contributed by atoms with Crippen molar-refractivity contribution in [3.8, 4) is 0 Å². The van der Waals surface area contributed by atoms with Crippen molar-refractivity contribution in [3.05, 3.63) is 160 Å². The molecular weight excluding hydrogens is 640 g/mol. The molecule has 2 aromatic heterocycles. The van der Waals surface area contributed by atoms with E-state index in [0.717, 1.165) is 0 Å². The Morgan fingerprint density at radius 3 is 1.04 bits per heavy atom. The predicted molar refractivity (Wildman–Crippen MR) is 166 cm³/mol. The number of benzene rings is 3. The number of hydrogen-bond donors (Lipinski definition) is 0. The first kappa shape index (κ1) is 32.1. The molecule has 0 radical (unpaired) electrons. The lowest BCUT2D eigenvalue weighted by Crippen LogP contribution is -2.57. The summed E-state index contributed by atoms with van der Waals surface area (Å²) in [4.78, 5) is 5.52. The normalized spacial score (nSPS) is 14.7. The van der Waals surface area contributed by atoms with Crippen LogP contribution in [0.5, 0.6) is 0 Å². The number of pyridine rings is 2. The summed E-state index contributed by atoms with van der Waals surface area (Å²) in [6.45, 7) is 4.91. The summed E-state index contributed by atoms with van der Waals surface area (Å²) in [5.74, 6) is -15.2. The minimum Gasteiger partial charge on any atom is -0.201 e. The van der Waals surface area contributed by atoms with Crippen LogP contribution in [0.2, 0.25) is 5.04 Å². The Kier molecular flexibility index (Phi) is 7.99. The molecule has 5 aromatic rings. The van der Waals surface area contributed by atoms with Gasteiger partial charge in [0.2, 0.25) is 0 Å². The lowest BCUT2D eigenvalue weighted by Gasteiger charge is -2.45. The molecule has 0 bridgehead atoms. The molecule has 47 heavy (non-hydrogen) atoms. The highest BCUT2D eigenvalue weighted by Crippen LogP contribution is 2.63. The van der Waals surface area contributed by atoms with Gasteiger partial charge in [-0.2, -0.15) is 27.5 Å². The van der Waals surface area contributed by atoms with Gasteiger partial charge in [0.05, 0.1) is 11.1 Å². The summed E-state index contributed by atoms with van der Waals surface area (Å²) >= 11 is 0. The summed E-state index contributed by atoms with van der Waals surface area (Å²) in [6.07, 6.45) is 0. The summed E-state index contributed by atoms with van der Waals surface area (Å²) in [6, 6.07) is 23.8. The van der Waals surface area contributed by atoms with E-state index in [0.29, 0.717) is 0 Å². The van der Waals surface area contributed by atoms with Gasteiger partial charge in [0, 0.05) is 0 Å². The smallest absolute Gasteiger partial charge is 0.201 e. The van der Waals surface area contributed by atoms with E-state index in [1.165, 1.54) is 0 Å². The first-order chi connectivity index (χ1) is 22.3. The van der Waals surface area contributed by atoms with Crippen LogP contribution in [-0.4, -0.2) is 18.0 Å². The monoisotopic (exact) mass is 664 g/mol. The fraction of sp³-hybridized carbons (Fsp3) is 0.111. The van der Waals surface area contributed by atoms with Gasteiger partial charge in [-0.1, -0.05) is 112 Å². The Labute approximate surface area is 265 Å². The van der Waals surface area contributed by atoms with Crippen molar-refractivity contribution in [1.82, 2.24) is 9.97 Å². The van der Waals surface area contributed by atoms with Gasteiger partial charge in [0.25, 0.3) is 23.8 Å². The average molecular weight is 665 g/mol. The minimum absolute atomic E-state index is 0.0310. The number of halogens is 8. The van der Waals surface area contributed by atoms with Crippen LogP contribution in [0.1, 0.15) is 43.0 Å². The van der Waals surface area contributed by atoms with Crippen LogP contribution in [0.4, 0.5) is 35.1 Å². The summed E-state index contributed by atoms with van der Waals surface area (Å²) < 4.78 is 125. The molecule has 0 amide bonds. The zero-order valence-electron chi connectivity index (χ0n) is 25.1. The Hall–Kier alpha value is -4.90. The van der Waals surface area contributed by atoms with Gasteiger partial charge in [-0.3, -0.25) is 0 Å². The molecule has 0 saturated carbocycles. The minimum atomic E-state index is -4.58. The van der Waals surface area contributed by atoms with Crippen LogP contribution in [0.25, 0.3) is 21.5 Å². The molecule has 1 aliphatic rings. The van der Waals surface area contributed by atoms with Crippen LogP contribution in [0.3, 0.4) is 0 Å². The predicted octanol–water partition coefficient (Wildman–Crippen LogP) is 9.36. The molecule has 0 unspecified atom stereocenters. The largest absolute Gasteiger partial charge is 0.252 e. The molecule has 0 spiro atoms. The number of aromatic nitrogens is 2. The maximum Gasteiger partial charge on any atom is 0.252 e. The lowest BCUT2D eigenvalue weighted by atomic mass is 9.89. The maximum absolute atomic E-state index is 16.2. The van der Waals surface area contributed by atoms with Crippen molar-refractivity contribution in [2.45, 2.75) is 25.8 Å². The lowest BCUT2D eigenvalue weighted by molar-refractivity contribution is 0.404. The zero-order valence-corrected chi connectivity index (χ0v) is 26.1. The number of rotatable bonds is 5. The molecule has 3 aromatic carbocycles. The van der Waals surface area contributed by atoms with E-state index < -0.39 is 71.3 Å². The number of nitrogens with zero attached hydrogens (tertiary/aromatic N) is 2. The van der Waals surface area contributed by atoms with Crippen molar-refractivity contribution in [3.63, 3.8) is 0 Å². The molecule has 2 nitrogen and oxygen atoms in total. The van der Waals surface area contributed by atoms with Gasteiger partial charge in [-0.25, -0.2) is 17.6 Å². The molecular formula is C36H24F8N2Si. The van der Waals surface area contributed by atoms with Gasteiger partial charge >= 0.3 is 0 Å². The highest BCUT2D eigenvalue weighted by molar-refractivity contribution is 7.23. The van der Waals surface area contributed by atoms with Crippen LogP contribution in [-0.2, 0) is 0 Å². The quantitative estimate of drug-likeness (QED) is 0.106. The molecule has 0 saturated heterocycles. The van der Waals surface area contributed by atoms with Crippen molar-refractivity contribution < 1.29 is 35.1 Å². The van der Waals surface area contributed by atoms with Gasteiger partial charge in [0.15, 0.2) is 31.3 Å².